The number of aliphatic imine (C=N–C) groups is 1. The first-order chi connectivity index (χ1) is 27.0. The molecule has 24 heteroatoms. The number of nitrogens with one attached hydrogen (secondary N) is 5. The maximum absolute atomic E-state index is 13.8. The van der Waals surface area contributed by atoms with Crippen molar-refractivity contribution in [2.45, 2.75) is 134 Å². The van der Waals surface area contributed by atoms with E-state index in [4.69, 9.17) is 28.0 Å². The summed E-state index contributed by atoms with van der Waals surface area (Å²) in [5, 5.41) is 51.6. The van der Waals surface area contributed by atoms with Gasteiger partial charge in [-0.2, -0.15) is 0 Å². The lowest BCUT2D eigenvalue weighted by molar-refractivity contribution is -0.149. The Labute approximate surface area is 334 Å². The largest absolute Gasteiger partial charge is 0.481 e. The molecule has 0 aromatic carbocycles. The predicted molar refractivity (Wildman–Crippen MR) is 203 cm³/mol. The van der Waals surface area contributed by atoms with Crippen LogP contribution in [-0.4, -0.2) is 152 Å². The number of rotatable bonds is 25. The number of nitrogens with zero attached hydrogens (tertiary/aromatic N) is 2. The highest BCUT2D eigenvalue weighted by atomic mass is 16.4. The molecule has 1 aliphatic rings. The van der Waals surface area contributed by atoms with Crippen molar-refractivity contribution in [1.82, 2.24) is 31.5 Å². The number of carbonyl (C=O) groups excluding carboxylic acids is 7. The molecule has 58 heavy (non-hydrogen) atoms. The summed E-state index contributed by atoms with van der Waals surface area (Å²) in [4.78, 5) is 120. The van der Waals surface area contributed by atoms with Gasteiger partial charge in [0.05, 0.1) is 24.7 Å². The van der Waals surface area contributed by atoms with Crippen molar-refractivity contribution in [2.75, 3.05) is 13.1 Å². The number of aliphatic hydroxyl groups excluding tert-OH is 2. The minimum Gasteiger partial charge on any atom is -0.481 e. The summed E-state index contributed by atoms with van der Waals surface area (Å²) >= 11 is 0. The Morgan fingerprint density at radius 3 is 1.76 bits per heavy atom. The van der Waals surface area contributed by atoms with Crippen molar-refractivity contribution in [3.8, 4) is 0 Å². The lowest BCUT2D eigenvalue weighted by Gasteiger charge is -2.31. The van der Waals surface area contributed by atoms with Gasteiger partial charge in [0, 0.05) is 19.5 Å². The van der Waals surface area contributed by atoms with Gasteiger partial charge in [-0.3, -0.25) is 43.3 Å². The number of amides is 7. The Balaban J connectivity index is 3.30. The topological polar surface area (TPSA) is 414 Å². The van der Waals surface area contributed by atoms with Crippen LogP contribution < -0.4 is 49.5 Å². The number of guanidine groups is 1. The van der Waals surface area contributed by atoms with Crippen molar-refractivity contribution in [3.63, 3.8) is 0 Å². The quantitative estimate of drug-likeness (QED) is 0.0232. The van der Waals surface area contributed by atoms with Gasteiger partial charge >= 0.3 is 11.9 Å². The zero-order valence-electron chi connectivity index (χ0n) is 33.0. The fourth-order valence-electron chi connectivity index (χ4n) is 5.89. The Morgan fingerprint density at radius 2 is 1.26 bits per heavy atom. The number of likely N-dealkylation sites (tertiary alicyclic amines) is 1. The third-order valence-corrected chi connectivity index (χ3v) is 9.34. The minimum absolute atomic E-state index is 0.0519. The summed E-state index contributed by atoms with van der Waals surface area (Å²) in [5.74, 6) is -10.4. The van der Waals surface area contributed by atoms with Crippen molar-refractivity contribution in [3.05, 3.63) is 0 Å². The number of aliphatic carboxylic acids is 2. The summed E-state index contributed by atoms with van der Waals surface area (Å²) in [7, 11) is 0. The second-order valence-corrected chi connectivity index (χ2v) is 14.1. The molecule has 24 nitrogen and oxygen atoms in total. The average molecular weight is 830 g/mol. The van der Waals surface area contributed by atoms with Gasteiger partial charge in [-0.1, -0.05) is 20.3 Å². The van der Waals surface area contributed by atoms with E-state index in [2.05, 4.69) is 31.6 Å². The molecule has 1 fully saturated rings. The standard InChI is InChI=1S/C34H59N11O13/c1-5-15(2)24(42-31(55)26(17(4)47)43-28(52)19(10-11-23(49)50)40-27(51)18(35)14-22(36)48)29(53)44-25(16(3)46)30(54)41-20(8-6-12-39-34(37)38)32(56)45-13-7-9-21(45)33(57)58/h15-21,24-26,46-47H,5-14,35H2,1-4H3,(H2,36,48)(H,40,51)(H,41,54)(H,42,55)(H,43,52)(H,44,53)(H,49,50)(H,57,58)(H4,37,38,39)/t15-,16+,17+,18-,19-,20-,21-,24-,25-,26-/m0/s1. The molecular weight excluding hydrogens is 770 g/mol. The van der Waals surface area contributed by atoms with E-state index in [-0.39, 0.29) is 44.7 Å². The first-order valence-electron chi connectivity index (χ1n) is 18.7. The number of carbonyl (C=O) groups is 9. The van der Waals surface area contributed by atoms with Crippen LogP contribution in [0.1, 0.15) is 79.1 Å². The minimum atomic E-state index is -1.79. The van der Waals surface area contributed by atoms with E-state index in [1.54, 1.807) is 13.8 Å². The molecule has 1 saturated heterocycles. The number of primary amides is 1. The van der Waals surface area contributed by atoms with Crippen LogP contribution in [0.25, 0.3) is 0 Å². The number of carboxylic acid groups (broad SMARTS) is 2. The summed E-state index contributed by atoms with van der Waals surface area (Å²) < 4.78 is 0. The first kappa shape index (κ1) is 50.4. The molecule has 10 atom stereocenters. The van der Waals surface area contributed by atoms with Gasteiger partial charge in [-0.25, -0.2) is 4.79 Å². The molecule has 1 heterocycles. The van der Waals surface area contributed by atoms with Crippen molar-refractivity contribution < 1.29 is 63.6 Å². The van der Waals surface area contributed by atoms with Gasteiger partial charge in [0.2, 0.25) is 41.4 Å². The molecule has 328 valence electrons. The third-order valence-electron chi connectivity index (χ3n) is 9.34. The van der Waals surface area contributed by atoms with E-state index in [0.717, 1.165) is 11.8 Å². The molecule has 7 amide bonds. The summed E-state index contributed by atoms with van der Waals surface area (Å²) in [6, 6.07) is -10.5. The van der Waals surface area contributed by atoms with Crippen LogP contribution in [0.4, 0.5) is 0 Å². The van der Waals surface area contributed by atoms with E-state index in [1.807, 2.05) is 0 Å². The first-order valence-corrected chi connectivity index (χ1v) is 18.7. The highest BCUT2D eigenvalue weighted by Crippen LogP contribution is 2.20. The molecule has 0 aromatic heterocycles. The Bertz CT molecular complexity index is 1520. The molecule has 0 saturated carbocycles. The van der Waals surface area contributed by atoms with Gasteiger partial charge in [-0.15, -0.1) is 0 Å². The van der Waals surface area contributed by atoms with E-state index in [0.29, 0.717) is 6.42 Å². The number of hydrogen-bond acceptors (Lipinski definition) is 13. The van der Waals surface area contributed by atoms with Crippen LogP contribution in [0.3, 0.4) is 0 Å². The zero-order valence-corrected chi connectivity index (χ0v) is 33.0. The number of carboxylic acids is 2. The van der Waals surface area contributed by atoms with Crippen molar-refractivity contribution in [1.29, 1.82) is 0 Å². The SMILES string of the molecule is CC[C@H](C)[C@H](NC(=O)[C@@H](NC(=O)[C@H](CCC(=O)O)NC(=O)[C@@H](N)CC(N)=O)[C@@H](C)O)C(=O)N[C@H](C(=O)N[C@@H](CCCN=C(N)N)C(=O)N1CCC[C@H]1C(=O)O)[C@@H](C)O. The Hall–Kier alpha value is -5.62. The van der Waals surface area contributed by atoms with E-state index in [9.17, 15) is 58.5 Å². The summed E-state index contributed by atoms with van der Waals surface area (Å²) in [6.45, 7) is 5.71. The number of hydrogen-bond donors (Lipinski definition) is 13. The summed E-state index contributed by atoms with van der Waals surface area (Å²) in [6.07, 6.45) is -3.95. The van der Waals surface area contributed by atoms with Crippen molar-refractivity contribution in [2.24, 2.45) is 33.8 Å². The lowest BCUT2D eigenvalue weighted by atomic mass is 9.96. The molecule has 0 spiro atoms. The highest BCUT2D eigenvalue weighted by Gasteiger charge is 2.40. The third kappa shape index (κ3) is 16.5. The molecule has 17 N–H and O–H groups in total. The van der Waals surface area contributed by atoms with Crippen molar-refractivity contribution >= 4 is 59.2 Å². The van der Waals surface area contributed by atoms with Crippen LogP contribution >= 0.6 is 0 Å². The second-order valence-electron chi connectivity index (χ2n) is 14.1. The predicted octanol–water partition coefficient (Wildman–Crippen LogP) is -5.59. The van der Waals surface area contributed by atoms with Gasteiger partial charge in [0.25, 0.3) is 0 Å². The maximum Gasteiger partial charge on any atom is 0.326 e. The number of aliphatic hydroxyl groups is 2. The number of nitrogens with two attached hydrogens (primary N) is 4. The second kappa shape index (κ2) is 24.2. The van der Waals surface area contributed by atoms with Crippen LogP contribution in [0.5, 0.6) is 0 Å². The fraction of sp³-hybridized carbons (Fsp3) is 0.706. The van der Waals surface area contributed by atoms with Crippen LogP contribution in [0.2, 0.25) is 0 Å². The fourth-order valence-corrected chi connectivity index (χ4v) is 5.89. The molecular formula is C34H59N11O13. The zero-order chi connectivity index (χ0) is 44.4. The molecule has 1 rings (SSSR count). The molecule has 0 unspecified atom stereocenters. The van der Waals surface area contributed by atoms with Gasteiger partial charge in [-0.05, 0) is 51.9 Å². The average Bonchev–Trinajstić information content (AvgIpc) is 3.63. The molecule has 1 aliphatic heterocycles. The van der Waals surface area contributed by atoms with E-state index < -0.39 is 133 Å². The Morgan fingerprint density at radius 1 is 0.741 bits per heavy atom. The monoisotopic (exact) mass is 829 g/mol. The highest BCUT2D eigenvalue weighted by molar-refractivity contribution is 5.98. The lowest BCUT2D eigenvalue weighted by Crippen LogP contribution is -2.63. The molecule has 0 aliphatic carbocycles. The van der Waals surface area contributed by atoms with Crippen LogP contribution in [0, 0.1) is 5.92 Å². The molecule has 0 aromatic rings. The smallest absolute Gasteiger partial charge is 0.326 e. The van der Waals surface area contributed by atoms with Crippen LogP contribution in [-0.2, 0) is 43.2 Å². The van der Waals surface area contributed by atoms with Gasteiger partial charge in [0.15, 0.2) is 5.96 Å². The van der Waals surface area contributed by atoms with E-state index >= 15 is 0 Å². The molecule has 0 bridgehead atoms. The van der Waals surface area contributed by atoms with Gasteiger partial charge in [0.1, 0.15) is 36.3 Å². The molecule has 0 radical (unpaired) electrons. The maximum atomic E-state index is 13.8. The summed E-state index contributed by atoms with van der Waals surface area (Å²) in [5.41, 5.74) is 21.4. The van der Waals surface area contributed by atoms with Crippen LogP contribution in [0.15, 0.2) is 4.99 Å². The normalized spacial score (nSPS) is 18.3. The van der Waals surface area contributed by atoms with Gasteiger partial charge < -0.3 is 74.8 Å². The Kier molecular flexibility index (Phi) is 21.0. The van der Waals surface area contributed by atoms with E-state index in [1.165, 1.54) is 6.92 Å².